The smallest absolute Gasteiger partial charge is 0.0992 e. The van der Waals surface area contributed by atoms with E-state index in [9.17, 15) is 0 Å². The van der Waals surface area contributed by atoms with Gasteiger partial charge >= 0.3 is 0 Å². The Balaban J connectivity index is 2.80. The van der Waals surface area contributed by atoms with Crippen LogP contribution in [0, 0.1) is 11.3 Å². The van der Waals surface area contributed by atoms with Gasteiger partial charge in [0.05, 0.1) is 22.6 Å². The molecule has 1 N–H and O–H groups in total. The van der Waals surface area contributed by atoms with Crippen LogP contribution in [0.25, 0.3) is 10.1 Å². The van der Waals surface area contributed by atoms with E-state index in [4.69, 9.17) is 22.0 Å². The molecule has 0 aliphatic carbocycles. The van der Waals surface area contributed by atoms with Crippen molar-refractivity contribution in [3.05, 3.63) is 33.7 Å². The van der Waals surface area contributed by atoms with E-state index in [1.165, 1.54) is 11.3 Å². The fourth-order valence-electron chi connectivity index (χ4n) is 1.38. The minimum atomic E-state index is -0.0704. The lowest BCUT2D eigenvalue weighted by molar-refractivity contribution is 0.283. The number of rotatable bonds is 1. The summed E-state index contributed by atoms with van der Waals surface area (Å²) in [6.45, 7) is -0.0704. The molecule has 2 nitrogen and oxygen atoms in total. The van der Waals surface area contributed by atoms with Crippen molar-refractivity contribution in [1.29, 1.82) is 5.26 Å². The van der Waals surface area contributed by atoms with Gasteiger partial charge < -0.3 is 5.11 Å². The molecular formula is C10H6ClNOS. The average Bonchev–Trinajstić information content (AvgIpc) is 2.56. The van der Waals surface area contributed by atoms with Gasteiger partial charge in [0.25, 0.3) is 0 Å². The molecule has 0 aliphatic heterocycles. The van der Waals surface area contributed by atoms with Crippen LogP contribution in [0.3, 0.4) is 0 Å². The molecule has 70 valence electrons. The number of thiophene rings is 1. The fourth-order valence-corrected chi connectivity index (χ4v) is 2.61. The van der Waals surface area contributed by atoms with Crippen LogP contribution in [0.2, 0.25) is 4.34 Å². The van der Waals surface area contributed by atoms with Crippen molar-refractivity contribution in [2.24, 2.45) is 0 Å². The predicted molar refractivity (Wildman–Crippen MR) is 57.5 cm³/mol. The Morgan fingerprint density at radius 3 is 2.86 bits per heavy atom. The Morgan fingerprint density at radius 1 is 1.43 bits per heavy atom. The molecule has 0 amide bonds. The van der Waals surface area contributed by atoms with Crippen molar-refractivity contribution in [1.82, 2.24) is 0 Å². The highest BCUT2D eigenvalue weighted by Crippen LogP contribution is 2.32. The maximum atomic E-state index is 9.12. The summed E-state index contributed by atoms with van der Waals surface area (Å²) >= 11 is 7.28. The monoisotopic (exact) mass is 223 g/mol. The highest BCUT2D eigenvalue weighted by Gasteiger charge is 2.06. The van der Waals surface area contributed by atoms with Crippen molar-refractivity contribution in [3.63, 3.8) is 0 Å². The van der Waals surface area contributed by atoms with Gasteiger partial charge in [-0.15, -0.1) is 11.3 Å². The van der Waals surface area contributed by atoms with Crippen molar-refractivity contribution in [2.45, 2.75) is 6.61 Å². The molecule has 0 radical (unpaired) electrons. The lowest BCUT2D eigenvalue weighted by Crippen LogP contribution is -1.85. The first-order valence-corrected chi connectivity index (χ1v) is 5.17. The maximum absolute atomic E-state index is 9.12. The van der Waals surface area contributed by atoms with Gasteiger partial charge in [0.15, 0.2) is 0 Å². The third-order valence-electron chi connectivity index (χ3n) is 1.99. The minimum absolute atomic E-state index is 0.0704. The molecule has 0 saturated carbocycles. The summed E-state index contributed by atoms with van der Waals surface area (Å²) in [6.07, 6.45) is 0. The van der Waals surface area contributed by atoms with E-state index in [-0.39, 0.29) is 6.61 Å². The topological polar surface area (TPSA) is 44.0 Å². The maximum Gasteiger partial charge on any atom is 0.0992 e. The van der Waals surface area contributed by atoms with E-state index in [1.54, 1.807) is 12.1 Å². The zero-order chi connectivity index (χ0) is 10.1. The van der Waals surface area contributed by atoms with Gasteiger partial charge in [-0.25, -0.2) is 0 Å². The molecule has 2 rings (SSSR count). The van der Waals surface area contributed by atoms with Gasteiger partial charge in [-0.3, -0.25) is 0 Å². The third kappa shape index (κ3) is 1.48. The highest BCUT2D eigenvalue weighted by molar-refractivity contribution is 7.22. The van der Waals surface area contributed by atoms with E-state index in [2.05, 4.69) is 6.07 Å². The molecule has 0 spiro atoms. The first-order chi connectivity index (χ1) is 6.74. The first-order valence-electron chi connectivity index (χ1n) is 3.97. The first kappa shape index (κ1) is 9.47. The number of aliphatic hydroxyl groups is 1. The van der Waals surface area contributed by atoms with Gasteiger partial charge in [0.1, 0.15) is 0 Å². The van der Waals surface area contributed by atoms with Crippen LogP contribution in [0.4, 0.5) is 0 Å². The predicted octanol–water partition coefficient (Wildman–Crippen LogP) is 2.92. The summed E-state index contributed by atoms with van der Waals surface area (Å²) in [7, 11) is 0. The minimum Gasteiger partial charge on any atom is -0.392 e. The second-order valence-electron chi connectivity index (χ2n) is 2.87. The molecule has 0 bridgehead atoms. The van der Waals surface area contributed by atoms with Gasteiger partial charge in [0, 0.05) is 4.70 Å². The number of aliphatic hydroxyl groups excluding tert-OH is 1. The van der Waals surface area contributed by atoms with E-state index in [1.807, 2.05) is 6.07 Å². The highest BCUT2D eigenvalue weighted by atomic mass is 35.5. The molecule has 1 aromatic heterocycles. The Kier molecular flexibility index (Phi) is 2.42. The number of nitrogens with zero attached hydrogens (tertiary/aromatic N) is 1. The lowest BCUT2D eigenvalue weighted by Gasteiger charge is -1.98. The molecule has 0 unspecified atom stereocenters. The number of fused-ring (bicyclic) bond motifs is 1. The van der Waals surface area contributed by atoms with E-state index < -0.39 is 0 Å². The van der Waals surface area contributed by atoms with Crippen LogP contribution in [0.1, 0.15) is 11.1 Å². The molecular weight excluding hydrogens is 218 g/mol. The summed E-state index contributed by atoms with van der Waals surface area (Å²) < 4.78 is 1.61. The van der Waals surface area contributed by atoms with Crippen molar-refractivity contribution < 1.29 is 5.11 Å². The third-order valence-corrected chi connectivity index (χ3v) is 3.20. The van der Waals surface area contributed by atoms with Crippen LogP contribution in [0.5, 0.6) is 0 Å². The summed E-state index contributed by atoms with van der Waals surface area (Å²) in [4.78, 5) is 0. The molecule has 0 saturated heterocycles. The van der Waals surface area contributed by atoms with Crippen LogP contribution >= 0.6 is 22.9 Å². The summed E-state index contributed by atoms with van der Waals surface area (Å²) in [5, 5.41) is 18.8. The zero-order valence-corrected chi connectivity index (χ0v) is 8.69. The van der Waals surface area contributed by atoms with Crippen molar-refractivity contribution in [3.8, 4) is 6.07 Å². The number of benzene rings is 1. The molecule has 0 atom stereocenters. The standard InChI is InChI=1S/C10H6ClNOS/c11-10-3-8-7(5-13)1-6(4-12)2-9(8)14-10/h1-3,13H,5H2. The van der Waals surface area contributed by atoms with Gasteiger partial charge in [-0.05, 0) is 29.1 Å². The Labute approximate surface area is 90.0 Å². The van der Waals surface area contributed by atoms with Crippen LogP contribution in [-0.4, -0.2) is 5.11 Å². The quantitative estimate of drug-likeness (QED) is 0.808. The second-order valence-corrected chi connectivity index (χ2v) is 4.58. The normalized spacial score (nSPS) is 10.4. The fraction of sp³-hybridized carbons (Fsp3) is 0.100. The second kappa shape index (κ2) is 3.58. The zero-order valence-electron chi connectivity index (χ0n) is 7.12. The van der Waals surface area contributed by atoms with E-state index >= 15 is 0 Å². The largest absolute Gasteiger partial charge is 0.392 e. The van der Waals surface area contributed by atoms with Gasteiger partial charge in [-0.2, -0.15) is 5.26 Å². The Hall–Kier alpha value is -1.08. The summed E-state index contributed by atoms with van der Waals surface area (Å²) in [6, 6.07) is 7.34. The molecule has 14 heavy (non-hydrogen) atoms. The van der Waals surface area contributed by atoms with Crippen molar-refractivity contribution in [2.75, 3.05) is 0 Å². The molecule has 1 aromatic carbocycles. The SMILES string of the molecule is N#Cc1cc(CO)c2cc(Cl)sc2c1. The van der Waals surface area contributed by atoms with Crippen molar-refractivity contribution >= 4 is 33.0 Å². The Morgan fingerprint density at radius 2 is 2.21 bits per heavy atom. The number of hydrogen-bond donors (Lipinski definition) is 1. The molecule has 1 heterocycles. The molecule has 4 heteroatoms. The Bertz CT molecular complexity index is 527. The average molecular weight is 224 g/mol. The molecule has 0 fully saturated rings. The number of hydrogen-bond acceptors (Lipinski definition) is 3. The van der Waals surface area contributed by atoms with Gasteiger partial charge in [-0.1, -0.05) is 11.6 Å². The number of nitriles is 1. The summed E-state index contributed by atoms with van der Waals surface area (Å²) in [5.41, 5.74) is 1.31. The lowest BCUT2D eigenvalue weighted by atomic mass is 10.1. The van der Waals surface area contributed by atoms with E-state index in [0.29, 0.717) is 9.90 Å². The number of halogens is 1. The summed E-state index contributed by atoms with van der Waals surface area (Å²) in [5.74, 6) is 0. The van der Waals surface area contributed by atoms with E-state index in [0.717, 1.165) is 15.6 Å². The van der Waals surface area contributed by atoms with Crippen LogP contribution < -0.4 is 0 Å². The molecule has 0 aliphatic rings. The van der Waals surface area contributed by atoms with Crippen LogP contribution in [0.15, 0.2) is 18.2 Å². The molecule has 2 aromatic rings. The van der Waals surface area contributed by atoms with Crippen LogP contribution in [-0.2, 0) is 6.61 Å². The van der Waals surface area contributed by atoms with Gasteiger partial charge in [0.2, 0.25) is 0 Å².